The Morgan fingerprint density at radius 2 is 2.04 bits per heavy atom. The van der Waals surface area contributed by atoms with Gasteiger partial charge in [0.25, 0.3) is 5.56 Å². The van der Waals surface area contributed by atoms with Crippen LogP contribution < -0.4 is 10.5 Å². The van der Waals surface area contributed by atoms with Gasteiger partial charge in [0.15, 0.2) is 0 Å². The number of methoxy groups -OCH3 is 1. The first-order chi connectivity index (χ1) is 11.8. The van der Waals surface area contributed by atoms with Crippen LogP contribution in [0.4, 0.5) is 5.69 Å². The fraction of sp³-hybridized carbons (Fsp3) is 0.556. The molecular weight excluding hydrogens is 304 g/mol. The van der Waals surface area contributed by atoms with Crippen LogP contribution in [0.1, 0.15) is 12.8 Å². The van der Waals surface area contributed by atoms with E-state index in [4.69, 9.17) is 4.74 Å². The molecule has 0 aliphatic carbocycles. The largest absolute Gasteiger partial charge is 0.383 e. The maximum atomic E-state index is 12.7. The second-order valence-corrected chi connectivity index (χ2v) is 6.70. The number of piperidine rings is 1. The lowest BCUT2D eigenvalue weighted by Gasteiger charge is -2.33. The summed E-state index contributed by atoms with van der Waals surface area (Å²) in [5, 5.41) is 0.699. The van der Waals surface area contributed by atoms with Crippen LogP contribution >= 0.6 is 0 Å². The number of anilines is 1. The fourth-order valence-electron chi connectivity index (χ4n) is 3.90. The quantitative estimate of drug-likeness (QED) is 0.847. The highest BCUT2D eigenvalue weighted by atomic mass is 16.5. The molecule has 128 valence electrons. The summed E-state index contributed by atoms with van der Waals surface area (Å²) in [7, 11) is 1.64. The molecule has 6 nitrogen and oxygen atoms in total. The summed E-state index contributed by atoms with van der Waals surface area (Å²) >= 11 is 0. The van der Waals surface area contributed by atoms with E-state index in [1.807, 2.05) is 12.1 Å². The highest BCUT2D eigenvalue weighted by Crippen LogP contribution is 2.28. The molecule has 0 saturated carbocycles. The molecular formula is C18H24N4O2. The van der Waals surface area contributed by atoms with Gasteiger partial charge in [-0.15, -0.1) is 0 Å². The van der Waals surface area contributed by atoms with Gasteiger partial charge in [-0.2, -0.15) is 0 Å². The first kappa shape index (κ1) is 15.6. The Morgan fingerprint density at radius 3 is 2.83 bits per heavy atom. The molecule has 1 aromatic heterocycles. The molecule has 24 heavy (non-hydrogen) atoms. The Labute approximate surface area is 141 Å². The molecule has 0 amide bonds. The van der Waals surface area contributed by atoms with Crippen LogP contribution in [0.2, 0.25) is 0 Å². The molecule has 3 aliphatic rings. The van der Waals surface area contributed by atoms with E-state index < -0.39 is 0 Å². The average Bonchev–Trinajstić information content (AvgIpc) is 2.95. The fourth-order valence-corrected chi connectivity index (χ4v) is 3.90. The van der Waals surface area contributed by atoms with E-state index in [1.54, 1.807) is 18.0 Å². The third-order valence-corrected chi connectivity index (χ3v) is 5.33. The number of rotatable bonds is 4. The molecule has 6 heteroatoms. The van der Waals surface area contributed by atoms with E-state index in [0.29, 0.717) is 24.6 Å². The number of ether oxygens (including phenoxy) is 1. The summed E-state index contributed by atoms with van der Waals surface area (Å²) in [6, 6.07) is 6.71. The minimum absolute atomic E-state index is 0.0155. The summed E-state index contributed by atoms with van der Waals surface area (Å²) in [5.41, 5.74) is 1.93. The number of hydrogen-bond acceptors (Lipinski definition) is 5. The van der Waals surface area contributed by atoms with E-state index in [0.717, 1.165) is 24.3 Å². The third kappa shape index (κ3) is 2.80. The zero-order valence-electron chi connectivity index (χ0n) is 14.1. The molecule has 3 saturated heterocycles. The van der Waals surface area contributed by atoms with Crippen molar-refractivity contribution >= 4 is 16.6 Å². The lowest BCUT2D eigenvalue weighted by molar-refractivity contribution is 0.186. The lowest BCUT2D eigenvalue weighted by Crippen LogP contribution is -2.38. The molecule has 0 spiro atoms. The SMILES string of the molecule is COCCn1cnc2ccc(N3CCN4CCC3CC4)cc2c1=O. The highest BCUT2D eigenvalue weighted by molar-refractivity contribution is 5.81. The zero-order valence-corrected chi connectivity index (χ0v) is 14.1. The minimum Gasteiger partial charge on any atom is -0.383 e. The average molecular weight is 328 g/mol. The van der Waals surface area contributed by atoms with Crippen LogP contribution in [0.15, 0.2) is 29.3 Å². The molecule has 5 rings (SSSR count). The molecule has 2 bridgehead atoms. The van der Waals surface area contributed by atoms with Gasteiger partial charge in [0.1, 0.15) is 0 Å². The molecule has 3 aliphatic heterocycles. The van der Waals surface area contributed by atoms with E-state index in [1.165, 1.54) is 25.9 Å². The van der Waals surface area contributed by atoms with Crippen molar-refractivity contribution in [3.8, 4) is 0 Å². The number of benzene rings is 1. The molecule has 0 N–H and O–H groups in total. The van der Waals surface area contributed by atoms with Crippen LogP contribution in [-0.4, -0.2) is 60.4 Å². The third-order valence-electron chi connectivity index (χ3n) is 5.33. The maximum absolute atomic E-state index is 12.7. The molecule has 4 heterocycles. The van der Waals surface area contributed by atoms with Gasteiger partial charge >= 0.3 is 0 Å². The van der Waals surface area contributed by atoms with Crippen molar-refractivity contribution in [2.75, 3.05) is 44.8 Å². The van der Waals surface area contributed by atoms with Crippen LogP contribution in [0.5, 0.6) is 0 Å². The van der Waals surface area contributed by atoms with Crippen LogP contribution in [0.25, 0.3) is 10.9 Å². The molecule has 0 atom stereocenters. The molecule has 0 radical (unpaired) electrons. The van der Waals surface area contributed by atoms with Crippen molar-refractivity contribution in [2.45, 2.75) is 25.4 Å². The molecule has 1 aromatic carbocycles. The first-order valence-electron chi connectivity index (χ1n) is 8.73. The van der Waals surface area contributed by atoms with Gasteiger partial charge in [-0.1, -0.05) is 0 Å². The topological polar surface area (TPSA) is 50.6 Å². The minimum atomic E-state index is 0.0155. The second kappa shape index (κ2) is 6.53. The monoisotopic (exact) mass is 328 g/mol. The second-order valence-electron chi connectivity index (χ2n) is 6.70. The summed E-state index contributed by atoms with van der Waals surface area (Å²) in [4.78, 5) is 22.2. The summed E-state index contributed by atoms with van der Waals surface area (Å²) in [6.45, 7) is 5.58. The van der Waals surface area contributed by atoms with Gasteiger partial charge < -0.3 is 14.5 Å². The predicted molar refractivity (Wildman–Crippen MR) is 94.7 cm³/mol. The zero-order chi connectivity index (χ0) is 16.5. The normalized spacial score (nSPS) is 23.6. The molecule has 0 unspecified atom stereocenters. The van der Waals surface area contributed by atoms with Gasteiger partial charge in [-0.25, -0.2) is 4.98 Å². The maximum Gasteiger partial charge on any atom is 0.261 e. The van der Waals surface area contributed by atoms with E-state index in [9.17, 15) is 4.79 Å². The standard InChI is InChI=1S/C18H24N4O2/c1-24-11-10-21-13-19-17-3-2-15(12-16(17)18(21)23)22-9-8-20-6-4-14(22)5-7-20/h2-3,12-14H,4-11H2,1H3. The number of nitrogens with zero attached hydrogens (tertiary/aromatic N) is 4. The highest BCUT2D eigenvalue weighted by Gasteiger charge is 2.29. The number of hydrogen-bond donors (Lipinski definition) is 0. The van der Waals surface area contributed by atoms with Crippen LogP contribution in [-0.2, 0) is 11.3 Å². The Hall–Kier alpha value is -1.92. The Balaban J connectivity index is 1.71. The van der Waals surface area contributed by atoms with Gasteiger partial charge in [-0.05, 0) is 31.0 Å². The number of fused-ring (bicyclic) bond motifs is 5. The summed E-state index contributed by atoms with van der Waals surface area (Å²) in [5.74, 6) is 0. The van der Waals surface area contributed by atoms with E-state index in [2.05, 4.69) is 20.9 Å². The van der Waals surface area contributed by atoms with Gasteiger partial charge in [0.05, 0.1) is 30.4 Å². The van der Waals surface area contributed by atoms with Crippen molar-refractivity contribution in [3.05, 3.63) is 34.9 Å². The smallest absolute Gasteiger partial charge is 0.261 e. The van der Waals surface area contributed by atoms with E-state index >= 15 is 0 Å². The van der Waals surface area contributed by atoms with Gasteiger partial charge in [0.2, 0.25) is 0 Å². The Kier molecular flexibility index (Phi) is 4.24. The Morgan fingerprint density at radius 1 is 1.21 bits per heavy atom. The number of aromatic nitrogens is 2. The van der Waals surface area contributed by atoms with Crippen molar-refractivity contribution < 1.29 is 4.74 Å². The van der Waals surface area contributed by atoms with Crippen LogP contribution in [0, 0.1) is 0 Å². The van der Waals surface area contributed by atoms with Crippen molar-refractivity contribution in [1.82, 2.24) is 14.5 Å². The Bertz CT molecular complexity index is 780. The van der Waals surface area contributed by atoms with Gasteiger partial charge in [0, 0.05) is 45.0 Å². The predicted octanol–water partition coefficient (Wildman–Crippen LogP) is 1.33. The molecule has 2 aromatic rings. The first-order valence-corrected chi connectivity index (χ1v) is 8.73. The lowest BCUT2D eigenvalue weighted by atomic mass is 10.0. The van der Waals surface area contributed by atoms with Gasteiger partial charge in [-0.3, -0.25) is 9.36 Å². The summed E-state index contributed by atoms with van der Waals surface area (Å²) < 4.78 is 6.71. The van der Waals surface area contributed by atoms with Crippen molar-refractivity contribution in [2.24, 2.45) is 0 Å². The molecule has 3 fully saturated rings. The van der Waals surface area contributed by atoms with Crippen molar-refractivity contribution in [3.63, 3.8) is 0 Å². The summed E-state index contributed by atoms with van der Waals surface area (Å²) in [6.07, 6.45) is 4.04. The van der Waals surface area contributed by atoms with Crippen LogP contribution in [0.3, 0.4) is 0 Å². The van der Waals surface area contributed by atoms with Crippen molar-refractivity contribution in [1.29, 1.82) is 0 Å². The van der Waals surface area contributed by atoms with E-state index in [-0.39, 0.29) is 5.56 Å².